The van der Waals surface area contributed by atoms with Crippen LogP contribution in [0.5, 0.6) is 5.75 Å². The molecular formula is C34H41N5O3. The fraction of sp³-hybridized carbons (Fsp3) is 0.353. The monoisotopic (exact) mass is 567 g/mol. The van der Waals surface area contributed by atoms with Crippen molar-refractivity contribution >= 4 is 22.7 Å². The number of fused-ring (bicyclic) bond motifs is 1. The van der Waals surface area contributed by atoms with E-state index in [0.29, 0.717) is 26.1 Å². The van der Waals surface area contributed by atoms with Crippen molar-refractivity contribution in [2.45, 2.75) is 32.5 Å². The molecule has 1 aliphatic heterocycles. The summed E-state index contributed by atoms with van der Waals surface area (Å²) in [6, 6.07) is 26.2. The third-order valence-electron chi connectivity index (χ3n) is 8.03. The minimum atomic E-state index is -0.255. The predicted octanol–water partition coefficient (Wildman–Crippen LogP) is 4.07. The molecule has 8 nitrogen and oxygen atoms in total. The fourth-order valence-corrected chi connectivity index (χ4v) is 5.76. The van der Waals surface area contributed by atoms with Crippen LogP contribution in [0.1, 0.15) is 23.6 Å². The van der Waals surface area contributed by atoms with Gasteiger partial charge >= 0.3 is 0 Å². The van der Waals surface area contributed by atoms with Crippen LogP contribution in [0.25, 0.3) is 10.9 Å². The molecule has 1 aliphatic rings. The van der Waals surface area contributed by atoms with Gasteiger partial charge in [0.15, 0.2) is 0 Å². The van der Waals surface area contributed by atoms with Gasteiger partial charge in [-0.25, -0.2) is 0 Å². The first-order valence-corrected chi connectivity index (χ1v) is 14.7. The summed E-state index contributed by atoms with van der Waals surface area (Å²) in [5, 5.41) is 4.41. The molecular weight excluding hydrogens is 526 g/mol. The van der Waals surface area contributed by atoms with Crippen LogP contribution in [0, 0.1) is 0 Å². The van der Waals surface area contributed by atoms with E-state index in [1.54, 1.807) is 18.9 Å². The Hall–Kier alpha value is -4.14. The van der Waals surface area contributed by atoms with E-state index in [1.807, 2.05) is 54.7 Å². The molecule has 1 atom stereocenters. The van der Waals surface area contributed by atoms with Crippen LogP contribution in [0.15, 0.2) is 85.1 Å². The summed E-state index contributed by atoms with van der Waals surface area (Å²) in [6.45, 7) is 7.20. The Balaban J connectivity index is 1.25. The van der Waals surface area contributed by atoms with Crippen LogP contribution in [0.2, 0.25) is 0 Å². The van der Waals surface area contributed by atoms with E-state index >= 15 is 0 Å². The summed E-state index contributed by atoms with van der Waals surface area (Å²) in [7, 11) is 1.64. The molecule has 8 heteroatoms. The number of benzene rings is 3. The topological polar surface area (TPSA) is 80.9 Å². The average Bonchev–Trinajstić information content (AvgIpc) is 3.41. The van der Waals surface area contributed by atoms with Crippen LogP contribution < -0.4 is 10.1 Å². The van der Waals surface area contributed by atoms with Gasteiger partial charge in [-0.1, -0.05) is 66.7 Å². The van der Waals surface area contributed by atoms with E-state index in [0.717, 1.165) is 60.5 Å². The highest BCUT2D eigenvalue weighted by molar-refractivity contribution is 5.83. The molecule has 0 spiro atoms. The number of piperazine rings is 1. The van der Waals surface area contributed by atoms with E-state index in [-0.39, 0.29) is 17.9 Å². The summed E-state index contributed by atoms with van der Waals surface area (Å²) >= 11 is 0. The molecule has 2 heterocycles. The van der Waals surface area contributed by atoms with Crippen molar-refractivity contribution in [1.82, 2.24) is 25.0 Å². The smallest absolute Gasteiger partial charge is 0.234 e. The van der Waals surface area contributed by atoms with Gasteiger partial charge in [0.2, 0.25) is 11.8 Å². The molecule has 5 rings (SSSR count). The summed E-state index contributed by atoms with van der Waals surface area (Å²) in [5.74, 6) is 0.679. The van der Waals surface area contributed by atoms with Crippen molar-refractivity contribution in [3.05, 3.63) is 102 Å². The lowest BCUT2D eigenvalue weighted by Crippen LogP contribution is -2.52. The number of aromatic nitrogens is 1. The minimum Gasteiger partial charge on any atom is -0.496 e. The summed E-state index contributed by atoms with van der Waals surface area (Å²) in [4.78, 5) is 36.0. The second kappa shape index (κ2) is 14.2. The minimum absolute atomic E-state index is 0.0165. The zero-order chi connectivity index (χ0) is 29.3. The highest BCUT2D eigenvalue weighted by Crippen LogP contribution is 2.22. The Labute approximate surface area is 248 Å². The van der Waals surface area contributed by atoms with E-state index in [9.17, 15) is 9.59 Å². The number of nitrogens with zero attached hydrogens (tertiary/aromatic N) is 3. The van der Waals surface area contributed by atoms with Crippen molar-refractivity contribution in [2.75, 3.05) is 46.4 Å². The van der Waals surface area contributed by atoms with Gasteiger partial charge in [0.05, 0.1) is 19.7 Å². The van der Waals surface area contributed by atoms with Gasteiger partial charge in [0.1, 0.15) is 5.75 Å². The Kier molecular flexibility index (Phi) is 9.90. The van der Waals surface area contributed by atoms with Crippen LogP contribution in [-0.4, -0.2) is 83.9 Å². The molecule has 42 heavy (non-hydrogen) atoms. The van der Waals surface area contributed by atoms with E-state index in [1.165, 1.54) is 5.56 Å². The number of para-hydroxylation sites is 2. The van der Waals surface area contributed by atoms with Crippen molar-refractivity contribution in [1.29, 1.82) is 0 Å². The molecule has 1 fully saturated rings. The van der Waals surface area contributed by atoms with Gasteiger partial charge in [-0.15, -0.1) is 0 Å². The standard InChI is InChI=1S/C34H41N5O3/c1-26(40)39(23-28-12-6-9-15-33(28)42-2)24-30(20-29-21-35-32-14-8-7-13-31(29)32)36-34(41)25-38-18-16-37(17-19-38)22-27-10-4-3-5-11-27/h3-15,21,30,35H,16-20,22-25H2,1-2H3,(H,36,41). The number of methoxy groups -OCH3 is 1. The number of H-pyrrole nitrogens is 1. The molecule has 4 aromatic rings. The number of rotatable bonds is 12. The molecule has 0 radical (unpaired) electrons. The molecule has 3 aromatic carbocycles. The normalized spacial score (nSPS) is 14.9. The van der Waals surface area contributed by atoms with Gasteiger partial charge in [0, 0.05) is 75.4 Å². The number of carbonyl (C=O) groups excluding carboxylic acids is 2. The number of amides is 2. The lowest BCUT2D eigenvalue weighted by Gasteiger charge is -2.35. The molecule has 0 bridgehead atoms. The number of nitrogens with one attached hydrogen (secondary N) is 2. The molecule has 1 saturated heterocycles. The maximum atomic E-state index is 13.4. The maximum absolute atomic E-state index is 13.4. The van der Waals surface area contributed by atoms with Crippen LogP contribution in [0.3, 0.4) is 0 Å². The maximum Gasteiger partial charge on any atom is 0.234 e. The third-order valence-corrected chi connectivity index (χ3v) is 8.03. The Morgan fingerprint density at radius 1 is 0.905 bits per heavy atom. The first-order valence-electron chi connectivity index (χ1n) is 14.7. The molecule has 220 valence electrons. The van der Waals surface area contributed by atoms with Crippen LogP contribution in [0.4, 0.5) is 0 Å². The first kappa shape index (κ1) is 29.4. The van der Waals surface area contributed by atoms with Crippen molar-refractivity contribution < 1.29 is 14.3 Å². The Bertz CT molecular complexity index is 1460. The highest BCUT2D eigenvalue weighted by Gasteiger charge is 2.24. The van der Waals surface area contributed by atoms with Crippen molar-refractivity contribution in [2.24, 2.45) is 0 Å². The number of hydrogen-bond donors (Lipinski definition) is 2. The summed E-state index contributed by atoms with van der Waals surface area (Å²) < 4.78 is 5.53. The number of ether oxygens (including phenoxy) is 1. The number of carbonyl (C=O) groups is 2. The van der Waals surface area contributed by atoms with Crippen LogP contribution in [-0.2, 0) is 29.1 Å². The van der Waals surface area contributed by atoms with Gasteiger partial charge in [0.25, 0.3) is 0 Å². The zero-order valence-corrected chi connectivity index (χ0v) is 24.6. The molecule has 1 unspecified atom stereocenters. The van der Waals surface area contributed by atoms with E-state index < -0.39 is 0 Å². The van der Waals surface area contributed by atoms with Crippen molar-refractivity contribution in [3.63, 3.8) is 0 Å². The fourth-order valence-electron chi connectivity index (χ4n) is 5.76. The first-order chi connectivity index (χ1) is 20.5. The molecule has 0 saturated carbocycles. The molecule has 1 aromatic heterocycles. The number of aromatic amines is 1. The average molecular weight is 568 g/mol. The lowest BCUT2D eigenvalue weighted by molar-refractivity contribution is -0.131. The van der Waals surface area contributed by atoms with Gasteiger partial charge < -0.3 is 19.9 Å². The predicted molar refractivity (Wildman–Crippen MR) is 166 cm³/mol. The molecule has 2 amide bonds. The van der Waals surface area contributed by atoms with Gasteiger partial charge in [-0.05, 0) is 29.7 Å². The van der Waals surface area contributed by atoms with Crippen molar-refractivity contribution in [3.8, 4) is 5.75 Å². The SMILES string of the molecule is COc1ccccc1CN(CC(Cc1c[nH]c2ccccc12)NC(=O)CN1CCN(Cc2ccccc2)CC1)C(C)=O. The molecule has 0 aliphatic carbocycles. The second-order valence-corrected chi connectivity index (χ2v) is 11.1. The van der Waals surface area contributed by atoms with E-state index in [4.69, 9.17) is 4.74 Å². The lowest BCUT2D eigenvalue weighted by atomic mass is 10.0. The van der Waals surface area contributed by atoms with Crippen LogP contribution >= 0.6 is 0 Å². The Morgan fingerprint density at radius 2 is 1.60 bits per heavy atom. The molecule has 2 N–H and O–H groups in total. The quantitative estimate of drug-likeness (QED) is 0.270. The second-order valence-electron chi connectivity index (χ2n) is 11.1. The third kappa shape index (κ3) is 7.78. The van der Waals surface area contributed by atoms with E-state index in [2.05, 4.69) is 50.4 Å². The van der Waals surface area contributed by atoms with Gasteiger partial charge in [-0.3, -0.25) is 19.4 Å². The summed E-state index contributed by atoms with van der Waals surface area (Å²) in [5.41, 5.74) is 4.42. The van der Waals surface area contributed by atoms with Gasteiger partial charge in [-0.2, -0.15) is 0 Å². The largest absolute Gasteiger partial charge is 0.496 e. The number of hydrogen-bond acceptors (Lipinski definition) is 5. The summed E-state index contributed by atoms with van der Waals surface area (Å²) in [6.07, 6.45) is 2.62. The highest BCUT2D eigenvalue weighted by atomic mass is 16.5. The zero-order valence-electron chi connectivity index (χ0n) is 24.6. The Morgan fingerprint density at radius 3 is 2.36 bits per heavy atom.